The van der Waals surface area contributed by atoms with Crippen molar-refractivity contribution in [1.29, 1.82) is 0 Å². The van der Waals surface area contributed by atoms with Crippen molar-refractivity contribution < 1.29 is 105 Å². The van der Waals surface area contributed by atoms with Crippen LogP contribution in [0.5, 0.6) is 0 Å². The number of esters is 1. The number of phosphoric acid groups is 3. The predicted molar refractivity (Wildman–Crippen MR) is 268 cm³/mol. The first-order valence-electron chi connectivity index (χ1n) is 23.6. The molecule has 30 nitrogen and oxygen atoms in total. The second kappa shape index (κ2) is 26.6. The summed E-state index contributed by atoms with van der Waals surface area (Å²) >= 11 is 0.953. The summed E-state index contributed by atoms with van der Waals surface area (Å²) in [7, 11) is -16.5. The number of phosphoric ester groups is 3. The maximum absolute atomic E-state index is 12.9. The number of carbonyl (C=O) groups is 4. The molecule has 2 fully saturated rings. The number of ether oxygens (including phenoxy) is 4. The van der Waals surface area contributed by atoms with E-state index in [1.807, 2.05) is 24.3 Å². The molecule has 2 unspecified atom stereocenters. The minimum absolute atomic E-state index is 0.0173. The molecular weight excluding hydrogens is 1110 g/mol. The molecule has 12 N–H and O–H groups in total. The van der Waals surface area contributed by atoms with Crippen molar-refractivity contribution in [2.75, 3.05) is 37.8 Å². The number of fused-ring (bicyclic) bond motifs is 2. The molecule has 3 aromatic heterocycles. The minimum Gasteiger partial charge on any atom is -0.456 e. The number of aromatic amines is 1. The van der Waals surface area contributed by atoms with Gasteiger partial charge in [0.1, 0.15) is 48.5 Å². The number of benzene rings is 1. The number of aliphatic hydroxyl groups is 3. The summed E-state index contributed by atoms with van der Waals surface area (Å²) in [6.45, 7) is 3.78. The van der Waals surface area contributed by atoms with Crippen molar-refractivity contribution in [2.24, 2.45) is 5.41 Å². The summed E-state index contributed by atoms with van der Waals surface area (Å²) in [6, 6.07) is 7.32. The summed E-state index contributed by atoms with van der Waals surface area (Å²) in [4.78, 5) is 105. The summed E-state index contributed by atoms with van der Waals surface area (Å²) in [5.41, 5.74) is 5.38. The molecule has 77 heavy (non-hydrogen) atoms. The lowest BCUT2D eigenvalue weighted by Crippen LogP contribution is -2.49. The Morgan fingerprint density at radius 1 is 1.03 bits per heavy atom. The lowest BCUT2D eigenvalue weighted by Gasteiger charge is -2.38. The lowest BCUT2D eigenvalue weighted by atomic mass is 9.87. The van der Waals surface area contributed by atoms with Gasteiger partial charge in [-0.25, -0.2) is 33.4 Å². The number of allylic oxidation sites excluding steroid dienone is 1. The van der Waals surface area contributed by atoms with Crippen molar-refractivity contribution in [2.45, 2.75) is 115 Å². The number of para-hydroxylation sites is 1. The monoisotopic (exact) mass is 1170 g/mol. The number of aromatic nitrogens is 5. The van der Waals surface area contributed by atoms with Gasteiger partial charge in [-0.2, -0.15) is 4.31 Å². The number of aliphatic hydroxyl groups excluding tert-OH is 3. The molecule has 0 spiro atoms. The maximum atomic E-state index is 12.9. The fourth-order valence-electron chi connectivity index (χ4n) is 7.78. The third-order valence-electron chi connectivity index (χ3n) is 11.8. The van der Waals surface area contributed by atoms with Gasteiger partial charge in [0.25, 0.3) is 0 Å². The van der Waals surface area contributed by atoms with E-state index < -0.39 is 115 Å². The van der Waals surface area contributed by atoms with Gasteiger partial charge in [-0.05, 0) is 38.8 Å². The summed E-state index contributed by atoms with van der Waals surface area (Å²) in [5, 5.41) is 37.8. The molecule has 12 atom stereocenters. The first-order valence-corrected chi connectivity index (χ1v) is 29.1. The van der Waals surface area contributed by atoms with Gasteiger partial charge in [0.05, 0.1) is 37.3 Å². The number of hydrogen-bond acceptors (Lipinski definition) is 23. The SMILES string of the molecule is C[C@H](CC/C=C/C(=O)SCCNC(=O)CCNC(=O)[C@H](O)C(C)(C)COP(=O)(O)OP(=O)(O)OC[C@H]1O[C@@H](n2cnc3c(N)ncnc32)[C@H](O)[C@@H]1OP(=O)(O)O)O[C@@H]1O[C@@H](C)[C@H](OC(=O)c2c[nH]c3ccccc23)C[C@H]1O. The number of amides is 2. The quantitative estimate of drug-likeness (QED) is 0.0175. The molecule has 6 rings (SSSR count). The molecule has 34 heteroatoms. The Kier molecular flexibility index (Phi) is 21.3. The largest absolute Gasteiger partial charge is 0.481 e. The maximum Gasteiger partial charge on any atom is 0.481 e. The predicted octanol–water partition coefficient (Wildman–Crippen LogP) is 1.61. The van der Waals surface area contributed by atoms with Crippen molar-refractivity contribution in [3.8, 4) is 0 Å². The normalized spacial score (nSPS) is 24.6. The molecule has 0 radical (unpaired) electrons. The molecule has 0 bridgehead atoms. The van der Waals surface area contributed by atoms with E-state index in [-0.39, 0.29) is 59.9 Å². The van der Waals surface area contributed by atoms with E-state index in [1.54, 1.807) is 26.1 Å². The summed E-state index contributed by atoms with van der Waals surface area (Å²) < 4.78 is 80.0. The fourth-order valence-corrected chi connectivity index (χ4v) is 11.2. The second-order valence-electron chi connectivity index (χ2n) is 18.4. The number of nitrogens with zero attached hydrogens (tertiary/aromatic N) is 4. The highest BCUT2D eigenvalue weighted by Crippen LogP contribution is 2.61. The Morgan fingerprint density at radius 3 is 2.49 bits per heavy atom. The highest BCUT2D eigenvalue weighted by Gasteiger charge is 2.50. The van der Waals surface area contributed by atoms with Crippen LogP contribution in [0.4, 0.5) is 5.82 Å². The standard InChI is InChI=1S/C43H61N8O22P3S/c1-23(68-42-28(52)17-29(24(2)69-42)71-41(58)26-18-47-27-11-7-6-10-25(26)27)9-5-8-12-32(54)77-16-15-45-31(53)13-14-46-39(57)36(56)43(3,4)20-67-76(64,65)73-75(62,63)66-19-30-35(72-74(59,60)61)34(55)40(70-30)51-22-50-33-37(44)48-21-49-38(33)51/h6-8,10-12,18,21-24,28-30,34-36,40,42,47,52,55-56H,5,9,13-17,19-20H2,1-4H3,(H,45,53)(H,46,57)(H,62,63)(H,64,65)(H2,44,48,49)(H2,59,60,61)/b12-8+/t23-,24+,28-,29-,30-,34-,35-,36+,40-,42-/m1/s1. The third kappa shape index (κ3) is 17.5. The zero-order valence-electron chi connectivity index (χ0n) is 41.7. The van der Waals surface area contributed by atoms with Crippen molar-refractivity contribution in [1.82, 2.24) is 35.1 Å². The van der Waals surface area contributed by atoms with E-state index in [9.17, 15) is 67.8 Å². The summed E-state index contributed by atoms with van der Waals surface area (Å²) in [5.74, 6) is -1.87. The van der Waals surface area contributed by atoms with Crippen molar-refractivity contribution in [3.05, 3.63) is 60.8 Å². The van der Waals surface area contributed by atoms with E-state index in [0.29, 0.717) is 18.4 Å². The topological polar surface area (TPSA) is 444 Å². The first kappa shape index (κ1) is 61.6. The third-order valence-corrected chi connectivity index (χ3v) is 15.8. The highest BCUT2D eigenvalue weighted by molar-refractivity contribution is 8.14. The van der Waals surface area contributed by atoms with Gasteiger partial charge in [-0.1, -0.05) is 49.9 Å². The number of nitrogen functional groups attached to an aromatic ring is 1. The van der Waals surface area contributed by atoms with Crippen LogP contribution in [0.15, 0.2) is 55.3 Å². The molecule has 0 aliphatic carbocycles. The Labute approximate surface area is 443 Å². The van der Waals surface area contributed by atoms with Crippen LogP contribution < -0.4 is 16.4 Å². The number of imidazole rings is 1. The number of rotatable bonds is 27. The number of anilines is 1. The molecule has 2 aliphatic heterocycles. The zero-order chi connectivity index (χ0) is 56.5. The molecular formula is C43H61N8O22P3S. The Morgan fingerprint density at radius 2 is 1.75 bits per heavy atom. The average Bonchev–Trinajstić information content (AvgIpc) is 4.08. The smallest absolute Gasteiger partial charge is 0.456 e. The fraction of sp³-hybridized carbons (Fsp3) is 0.558. The van der Waals surface area contributed by atoms with Gasteiger partial charge in [0, 0.05) is 54.2 Å². The Balaban J connectivity index is 0.826. The van der Waals surface area contributed by atoms with Crippen molar-refractivity contribution >= 4 is 86.0 Å². The van der Waals surface area contributed by atoms with Gasteiger partial charge in [-0.3, -0.25) is 32.5 Å². The molecule has 4 aromatic rings. The number of nitrogens with two attached hydrogens (primary N) is 1. The van der Waals surface area contributed by atoms with E-state index in [1.165, 1.54) is 19.9 Å². The van der Waals surface area contributed by atoms with Gasteiger partial charge in [0.15, 0.2) is 24.0 Å². The number of H-pyrrole nitrogens is 1. The van der Waals surface area contributed by atoms with E-state index in [4.69, 9.17) is 33.7 Å². The number of thioether (sulfide) groups is 1. The van der Waals surface area contributed by atoms with Crippen LogP contribution in [-0.4, -0.2) is 169 Å². The zero-order valence-corrected chi connectivity index (χ0v) is 45.2. The number of carbonyl (C=O) groups excluding carboxylic acids is 4. The van der Waals surface area contributed by atoms with Gasteiger partial charge < -0.3 is 75.2 Å². The molecule has 1 aromatic carbocycles. The molecule has 2 aliphatic rings. The van der Waals surface area contributed by atoms with Crippen LogP contribution in [0.25, 0.3) is 22.1 Å². The number of nitrogens with one attached hydrogen (secondary N) is 3. The first-order chi connectivity index (χ1) is 36.1. The molecule has 2 amide bonds. The Hall–Kier alpha value is -4.59. The molecule has 5 heterocycles. The van der Waals surface area contributed by atoms with E-state index in [0.717, 1.165) is 39.9 Å². The van der Waals surface area contributed by atoms with Crippen LogP contribution in [0.3, 0.4) is 0 Å². The van der Waals surface area contributed by atoms with E-state index >= 15 is 0 Å². The molecule has 2 saturated heterocycles. The van der Waals surface area contributed by atoms with Crippen LogP contribution >= 0.6 is 35.2 Å². The van der Waals surface area contributed by atoms with Gasteiger partial charge >= 0.3 is 29.4 Å². The molecule has 426 valence electrons. The Bertz CT molecular complexity index is 2890. The van der Waals surface area contributed by atoms with Crippen LogP contribution in [-0.2, 0) is 64.9 Å². The van der Waals surface area contributed by atoms with Gasteiger partial charge in [0.2, 0.25) is 16.9 Å². The van der Waals surface area contributed by atoms with E-state index in [2.05, 4.69) is 39.4 Å². The second-order valence-corrected chi connectivity index (χ2v) is 23.7. The van der Waals surface area contributed by atoms with Gasteiger partial charge in [-0.15, -0.1) is 0 Å². The number of hydrogen-bond donors (Lipinski definition) is 11. The van der Waals surface area contributed by atoms with Crippen LogP contribution in [0, 0.1) is 5.41 Å². The summed E-state index contributed by atoms with van der Waals surface area (Å²) in [6.07, 6.45) is -5.02. The van der Waals surface area contributed by atoms with Crippen LogP contribution in [0.2, 0.25) is 0 Å². The highest BCUT2D eigenvalue weighted by atomic mass is 32.2. The van der Waals surface area contributed by atoms with Crippen molar-refractivity contribution in [3.63, 3.8) is 0 Å². The van der Waals surface area contributed by atoms with Crippen LogP contribution in [0.1, 0.15) is 70.0 Å². The minimum atomic E-state index is -5.61. The lowest BCUT2D eigenvalue weighted by molar-refractivity contribution is -0.273. The molecule has 0 saturated carbocycles. The average molecular weight is 1170 g/mol.